The number of methoxy groups -OCH3 is 1. The molecule has 3 nitrogen and oxygen atoms in total. The van der Waals surface area contributed by atoms with Gasteiger partial charge in [-0.1, -0.05) is 84.0 Å². The molecule has 0 amide bonds. The van der Waals surface area contributed by atoms with E-state index in [2.05, 4.69) is 11.7 Å². The van der Waals surface area contributed by atoms with Gasteiger partial charge in [-0.05, 0) is 19.3 Å². The molecule has 0 aromatic rings. The molecule has 0 spiro atoms. The van der Waals surface area contributed by atoms with Gasteiger partial charge in [-0.3, -0.25) is 4.79 Å². The van der Waals surface area contributed by atoms with Crippen LogP contribution in [0.3, 0.4) is 0 Å². The lowest BCUT2D eigenvalue weighted by Gasteiger charge is -2.10. The molecule has 138 valence electrons. The van der Waals surface area contributed by atoms with Crippen LogP contribution in [-0.2, 0) is 9.53 Å². The number of esters is 1. The third-order valence-corrected chi connectivity index (χ3v) is 4.54. The fourth-order valence-corrected chi connectivity index (χ4v) is 2.94. The van der Waals surface area contributed by atoms with E-state index in [9.17, 15) is 9.90 Å². The van der Waals surface area contributed by atoms with Crippen molar-refractivity contribution in [1.82, 2.24) is 0 Å². The van der Waals surface area contributed by atoms with Crippen molar-refractivity contribution in [1.29, 1.82) is 0 Å². The number of hydrogen-bond acceptors (Lipinski definition) is 3. The van der Waals surface area contributed by atoms with E-state index in [0.29, 0.717) is 6.42 Å². The highest BCUT2D eigenvalue weighted by Gasteiger charge is 2.05. The van der Waals surface area contributed by atoms with Gasteiger partial charge in [-0.25, -0.2) is 0 Å². The van der Waals surface area contributed by atoms with Crippen LogP contribution >= 0.6 is 0 Å². The third-order valence-electron chi connectivity index (χ3n) is 4.54. The van der Waals surface area contributed by atoms with Crippen LogP contribution in [0.4, 0.5) is 0 Å². The molecule has 0 radical (unpaired) electrons. The maximum Gasteiger partial charge on any atom is 0.305 e. The molecule has 0 saturated carbocycles. The first-order valence-corrected chi connectivity index (χ1v) is 9.95. The first kappa shape index (κ1) is 22.4. The number of hydrogen-bond donors (Lipinski definition) is 1. The van der Waals surface area contributed by atoms with Crippen LogP contribution in [0, 0.1) is 0 Å². The maximum atomic E-state index is 11.0. The van der Waals surface area contributed by atoms with Crippen molar-refractivity contribution in [2.45, 2.75) is 116 Å². The van der Waals surface area contributed by atoms with Gasteiger partial charge in [0.1, 0.15) is 0 Å². The summed E-state index contributed by atoms with van der Waals surface area (Å²) in [6, 6.07) is 0. The average molecular weight is 329 g/mol. The molecule has 0 heterocycles. The van der Waals surface area contributed by atoms with Crippen molar-refractivity contribution in [2.24, 2.45) is 0 Å². The van der Waals surface area contributed by atoms with Crippen molar-refractivity contribution in [2.75, 3.05) is 7.11 Å². The molecule has 0 saturated heterocycles. The van der Waals surface area contributed by atoms with Crippen molar-refractivity contribution in [3.63, 3.8) is 0 Å². The van der Waals surface area contributed by atoms with Crippen LogP contribution in [0.1, 0.15) is 110 Å². The molecule has 0 aliphatic carbocycles. The molecule has 1 unspecified atom stereocenters. The molecular weight excluding hydrogens is 288 g/mol. The van der Waals surface area contributed by atoms with Crippen molar-refractivity contribution in [3.05, 3.63) is 0 Å². The Morgan fingerprint density at radius 2 is 1.22 bits per heavy atom. The summed E-state index contributed by atoms with van der Waals surface area (Å²) < 4.78 is 4.60. The minimum absolute atomic E-state index is 0.148. The van der Waals surface area contributed by atoms with Gasteiger partial charge in [0, 0.05) is 6.42 Å². The number of ether oxygens (including phenoxy) is 1. The van der Waals surface area contributed by atoms with E-state index in [0.717, 1.165) is 32.1 Å². The first-order chi connectivity index (χ1) is 11.2. The number of carbonyl (C=O) groups excluding carboxylic acids is 1. The van der Waals surface area contributed by atoms with Gasteiger partial charge in [0.15, 0.2) is 0 Å². The zero-order valence-corrected chi connectivity index (χ0v) is 15.7. The Kier molecular flexibility index (Phi) is 17.3. The topological polar surface area (TPSA) is 46.5 Å². The minimum atomic E-state index is -0.189. The molecule has 23 heavy (non-hydrogen) atoms. The summed E-state index contributed by atoms with van der Waals surface area (Å²) in [5.74, 6) is -0.148. The Labute approximate surface area is 144 Å². The summed E-state index contributed by atoms with van der Waals surface area (Å²) in [4.78, 5) is 11.0. The molecular formula is C20H40O3. The van der Waals surface area contributed by atoms with E-state index in [1.165, 1.54) is 71.3 Å². The number of rotatable bonds is 17. The van der Waals surface area contributed by atoms with Crippen LogP contribution in [0.15, 0.2) is 0 Å². The van der Waals surface area contributed by atoms with Gasteiger partial charge in [-0.15, -0.1) is 0 Å². The molecule has 0 rings (SSSR count). The van der Waals surface area contributed by atoms with E-state index >= 15 is 0 Å². The minimum Gasteiger partial charge on any atom is -0.469 e. The Morgan fingerprint density at radius 1 is 0.783 bits per heavy atom. The molecule has 3 heteroatoms. The van der Waals surface area contributed by atoms with Gasteiger partial charge in [-0.2, -0.15) is 0 Å². The number of unbranched alkanes of at least 4 members (excludes halogenated alkanes) is 11. The van der Waals surface area contributed by atoms with E-state index in [4.69, 9.17) is 0 Å². The van der Waals surface area contributed by atoms with E-state index in [1.807, 2.05) is 0 Å². The van der Waals surface area contributed by atoms with Gasteiger partial charge < -0.3 is 9.84 Å². The predicted octanol–water partition coefficient (Wildman–Crippen LogP) is 5.78. The van der Waals surface area contributed by atoms with Gasteiger partial charge in [0.25, 0.3) is 0 Å². The van der Waals surface area contributed by atoms with Crippen LogP contribution in [-0.4, -0.2) is 24.3 Å². The highest BCUT2D eigenvalue weighted by Crippen LogP contribution is 2.14. The predicted molar refractivity (Wildman–Crippen MR) is 97.6 cm³/mol. The number of carbonyl (C=O) groups is 1. The zero-order chi connectivity index (χ0) is 17.2. The maximum absolute atomic E-state index is 11.0. The normalized spacial score (nSPS) is 12.3. The SMILES string of the molecule is CCCCCCCCCCCCCC(O)CCCCC(=O)OC. The zero-order valence-electron chi connectivity index (χ0n) is 15.7. The van der Waals surface area contributed by atoms with Crippen molar-refractivity contribution < 1.29 is 14.6 Å². The van der Waals surface area contributed by atoms with Gasteiger partial charge in [0.05, 0.1) is 13.2 Å². The largest absolute Gasteiger partial charge is 0.469 e. The Bertz CT molecular complexity index is 253. The summed E-state index contributed by atoms with van der Waals surface area (Å²) in [5.41, 5.74) is 0. The molecule has 0 aromatic carbocycles. The second-order valence-corrected chi connectivity index (χ2v) is 6.80. The number of aliphatic hydroxyl groups is 1. The fraction of sp³-hybridized carbons (Fsp3) is 0.950. The summed E-state index contributed by atoms with van der Waals surface area (Å²) >= 11 is 0. The van der Waals surface area contributed by atoms with Crippen molar-refractivity contribution in [3.8, 4) is 0 Å². The van der Waals surface area contributed by atoms with Crippen LogP contribution in [0.2, 0.25) is 0 Å². The molecule has 0 fully saturated rings. The second kappa shape index (κ2) is 17.8. The average Bonchev–Trinajstić information content (AvgIpc) is 2.56. The van der Waals surface area contributed by atoms with Crippen LogP contribution in [0.25, 0.3) is 0 Å². The first-order valence-electron chi connectivity index (χ1n) is 9.95. The monoisotopic (exact) mass is 328 g/mol. The lowest BCUT2D eigenvalue weighted by atomic mass is 10.0. The molecule has 0 aliphatic heterocycles. The fourth-order valence-electron chi connectivity index (χ4n) is 2.94. The molecule has 0 aromatic heterocycles. The summed E-state index contributed by atoms with van der Waals surface area (Å²) in [6.07, 6.45) is 18.5. The van der Waals surface area contributed by atoms with Crippen LogP contribution in [0.5, 0.6) is 0 Å². The highest BCUT2D eigenvalue weighted by molar-refractivity contribution is 5.68. The van der Waals surface area contributed by atoms with Gasteiger partial charge >= 0.3 is 5.97 Å². The number of aliphatic hydroxyl groups excluding tert-OH is 1. The Morgan fingerprint density at radius 3 is 1.70 bits per heavy atom. The van der Waals surface area contributed by atoms with E-state index in [1.54, 1.807) is 0 Å². The van der Waals surface area contributed by atoms with E-state index in [-0.39, 0.29) is 12.1 Å². The van der Waals surface area contributed by atoms with Gasteiger partial charge in [0.2, 0.25) is 0 Å². The van der Waals surface area contributed by atoms with Crippen LogP contribution < -0.4 is 0 Å². The molecule has 1 N–H and O–H groups in total. The second-order valence-electron chi connectivity index (χ2n) is 6.80. The standard InChI is InChI=1S/C20H40O3/c1-3-4-5-6-7-8-9-10-11-12-13-16-19(21)17-14-15-18-20(22)23-2/h19,21H,3-18H2,1-2H3. The quantitative estimate of drug-likeness (QED) is 0.272. The molecule has 1 atom stereocenters. The van der Waals surface area contributed by atoms with Crippen molar-refractivity contribution >= 4 is 5.97 Å². The summed E-state index contributed by atoms with van der Waals surface area (Å²) in [6.45, 7) is 2.26. The summed E-state index contributed by atoms with van der Waals surface area (Å²) in [5, 5.41) is 9.90. The highest BCUT2D eigenvalue weighted by atomic mass is 16.5. The lowest BCUT2D eigenvalue weighted by molar-refractivity contribution is -0.140. The summed E-state index contributed by atoms with van der Waals surface area (Å²) in [7, 11) is 1.42. The smallest absolute Gasteiger partial charge is 0.305 e. The molecule has 0 aliphatic rings. The Balaban J connectivity index is 3.17. The third kappa shape index (κ3) is 17.6. The molecule has 0 bridgehead atoms. The Hall–Kier alpha value is -0.570. The van der Waals surface area contributed by atoms with E-state index < -0.39 is 0 Å². The lowest BCUT2D eigenvalue weighted by Crippen LogP contribution is -2.07.